The number of nitrogens with zero attached hydrogens (tertiary/aromatic N) is 2. The van der Waals surface area contributed by atoms with E-state index >= 15 is 0 Å². The first kappa shape index (κ1) is 25.4. The quantitative estimate of drug-likeness (QED) is 0.450. The maximum Gasteiger partial charge on any atom is 0.343 e. The Morgan fingerprint density at radius 2 is 1.88 bits per heavy atom. The summed E-state index contributed by atoms with van der Waals surface area (Å²) in [6.45, 7) is 3.23. The van der Waals surface area contributed by atoms with Crippen molar-refractivity contribution in [3.63, 3.8) is 0 Å². The van der Waals surface area contributed by atoms with Crippen molar-refractivity contribution in [1.29, 1.82) is 0 Å². The van der Waals surface area contributed by atoms with Crippen molar-refractivity contribution in [3.8, 4) is 0 Å². The highest BCUT2D eigenvalue weighted by Gasteiger charge is 2.58. The van der Waals surface area contributed by atoms with E-state index in [9.17, 15) is 23.8 Å². The van der Waals surface area contributed by atoms with Crippen LogP contribution < -0.4 is 4.90 Å². The van der Waals surface area contributed by atoms with Gasteiger partial charge in [0.05, 0.1) is 13.2 Å². The molecule has 2 amide bonds. The number of benzene rings is 1. The molecule has 1 heterocycles. The number of para-hydroxylation sites is 1. The molecule has 10 heteroatoms. The van der Waals surface area contributed by atoms with Gasteiger partial charge in [-0.15, -0.1) is 0 Å². The highest BCUT2D eigenvalue weighted by molar-refractivity contribution is 7.55. The summed E-state index contributed by atoms with van der Waals surface area (Å²) in [7, 11) is -2.76. The second-order valence-electron chi connectivity index (χ2n) is 8.51. The SMILES string of the molecule is CCOC(=O)CN1C(=O)[C@@H](N(C)C(=O)C2(P(=O)(O)OCC)CCCC2)CCc2ccccc21. The average Bonchev–Trinajstić information content (AvgIpc) is 3.25. The van der Waals surface area contributed by atoms with Crippen molar-refractivity contribution in [2.75, 3.05) is 31.7 Å². The molecular weight excluding hydrogens is 447 g/mol. The number of aryl methyl sites for hydroxylation is 1. The second-order valence-corrected chi connectivity index (χ2v) is 10.7. The number of fused-ring (bicyclic) bond motifs is 1. The van der Waals surface area contributed by atoms with Gasteiger partial charge in [-0.3, -0.25) is 23.8 Å². The lowest BCUT2D eigenvalue weighted by atomic mass is 10.0. The van der Waals surface area contributed by atoms with Crippen LogP contribution in [-0.2, 0) is 34.6 Å². The largest absolute Gasteiger partial charge is 0.465 e. The minimum absolute atomic E-state index is 0.0114. The number of hydrogen-bond acceptors (Lipinski definition) is 6. The summed E-state index contributed by atoms with van der Waals surface area (Å²) in [5, 5.41) is -1.55. The van der Waals surface area contributed by atoms with Crippen LogP contribution in [0.25, 0.3) is 0 Å². The second kappa shape index (κ2) is 10.4. The molecule has 182 valence electrons. The molecule has 1 aliphatic heterocycles. The maximum atomic E-state index is 13.7. The summed E-state index contributed by atoms with van der Waals surface area (Å²) >= 11 is 0. The number of likely N-dealkylation sites (N-methyl/N-ethyl adjacent to an activating group) is 1. The molecule has 0 radical (unpaired) electrons. The number of anilines is 1. The molecule has 2 aliphatic rings. The van der Waals surface area contributed by atoms with Crippen LogP contribution in [0, 0.1) is 0 Å². The number of hydrogen-bond donors (Lipinski definition) is 1. The number of carbonyl (C=O) groups excluding carboxylic acids is 3. The molecule has 0 bridgehead atoms. The lowest BCUT2D eigenvalue weighted by molar-refractivity contribution is -0.143. The van der Waals surface area contributed by atoms with Crippen molar-refractivity contribution >= 4 is 31.1 Å². The Morgan fingerprint density at radius 3 is 2.52 bits per heavy atom. The number of carbonyl (C=O) groups is 3. The average molecular weight is 480 g/mol. The first-order valence-corrected chi connectivity index (χ1v) is 13.1. The maximum absolute atomic E-state index is 13.7. The number of rotatable bonds is 8. The molecule has 0 saturated heterocycles. The van der Waals surface area contributed by atoms with E-state index in [-0.39, 0.29) is 32.6 Å². The molecule has 33 heavy (non-hydrogen) atoms. The summed E-state index contributed by atoms with van der Waals surface area (Å²) in [4.78, 5) is 53.0. The van der Waals surface area contributed by atoms with Gasteiger partial charge in [0.15, 0.2) is 5.16 Å². The highest BCUT2D eigenvalue weighted by Crippen LogP contribution is 2.63. The first-order chi connectivity index (χ1) is 15.7. The van der Waals surface area contributed by atoms with E-state index in [0.717, 1.165) is 5.56 Å². The van der Waals surface area contributed by atoms with Gasteiger partial charge < -0.3 is 19.1 Å². The smallest absolute Gasteiger partial charge is 0.343 e. The van der Waals surface area contributed by atoms with Crippen molar-refractivity contribution in [1.82, 2.24) is 4.90 Å². The Balaban J connectivity index is 1.94. The Labute approximate surface area is 194 Å². The van der Waals surface area contributed by atoms with Gasteiger partial charge in [-0.05, 0) is 51.2 Å². The zero-order chi connectivity index (χ0) is 24.2. The Morgan fingerprint density at radius 1 is 1.21 bits per heavy atom. The molecular formula is C23H33N2O7P. The lowest BCUT2D eigenvalue weighted by Crippen LogP contribution is -2.55. The van der Waals surface area contributed by atoms with Crippen LogP contribution in [0.3, 0.4) is 0 Å². The van der Waals surface area contributed by atoms with E-state index in [1.54, 1.807) is 26.0 Å². The molecule has 1 fully saturated rings. The molecule has 1 N–H and O–H groups in total. The predicted molar refractivity (Wildman–Crippen MR) is 123 cm³/mol. The fourth-order valence-electron chi connectivity index (χ4n) is 4.90. The standard InChI is InChI=1S/C23H33N2O7P/c1-4-31-20(26)16-25-18-11-7-6-10-17(18)12-13-19(21(25)27)24(3)22(28)23(14-8-9-15-23)33(29,30)32-5-2/h6-7,10-11,19H,4-5,8-9,12-16H2,1-3H3,(H,29,30)/t19-/m0/s1. The van der Waals surface area contributed by atoms with Crippen molar-refractivity contribution in [2.45, 2.75) is 63.6 Å². The van der Waals surface area contributed by atoms with Crippen LogP contribution in [0.1, 0.15) is 51.5 Å². The Kier molecular flexibility index (Phi) is 7.98. The van der Waals surface area contributed by atoms with Gasteiger partial charge >= 0.3 is 13.6 Å². The normalized spacial score (nSPS) is 21.6. The molecule has 1 aliphatic carbocycles. The van der Waals surface area contributed by atoms with E-state index in [4.69, 9.17) is 9.26 Å². The van der Waals surface area contributed by atoms with Crippen molar-refractivity contribution < 1.29 is 33.1 Å². The molecule has 9 nitrogen and oxygen atoms in total. The van der Waals surface area contributed by atoms with E-state index in [1.165, 1.54) is 16.8 Å². The van der Waals surface area contributed by atoms with Crippen LogP contribution in [0.15, 0.2) is 24.3 Å². The molecule has 0 spiro atoms. The summed E-state index contributed by atoms with van der Waals surface area (Å²) in [6.07, 6.45) is 2.58. The van der Waals surface area contributed by atoms with Gasteiger partial charge in [0, 0.05) is 12.7 Å². The van der Waals surface area contributed by atoms with Crippen LogP contribution in [0.4, 0.5) is 5.69 Å². The van der Waals surface area contributed by atoms with Gasteiger partial charge in [-0.2, -0.15) is 0 Å². The molecule has 3 rings (SSSR count). The predicted octanol–water partition coefficient (Wildman–Crippen LogP) is 2.89. The number of esters is 1. The highest BCUT2D eigenvalue weighted by atomic mass is 31.2. The topological polar surface area (TPSA) is 113 Å². The Hall–Kier alpha value is -2.22. The van der Waals surface area contributed by atoms with E-state index in [2.05, 4.69) is 0 Å². The Bertz CT molecular complexity index is 944. The van der Waals surface area contributed by atoms with Crippen LogP contribution >= 0.6 is 7.60 Å². The van der Waals surface area contributed by atoms with Gasteiger partial charge in [-0.25, -0.2) is 0 Å². The molecule has 2 atom stereocenters. The zero-order valence-electron chi connectivity index (χ0n) is 19.5. The number of ether oxygens (including phenoxy) is 1. The van der Waals surface area contributed by atoms with Gasteiger partial charge in [0.25, 0.3) is 0 Å². The summed E-state index contributed by atoms with van der Waals surface area (Å²) in [5.74, 6) is -1.51. The first-order valence-electron chi connectivity index (χ1n) is 11.5. The van der Waals surface area contributed by atoms with Gasteiger partial charge in [0.1, 0.15) is 12.6 Å². The minimum atomic E-state index is -4.26. The third kappa shape index (κ3) is 4.86. The van der Waals surface area contributed by atoms with Crippen molar-refractivity contribution in [2.24, 2.45) is 0 Å². The monoisotopic (exact) mass is 480 g/mol. The summed E-state index contributed by atoms with van der Waals surface area (Å²) in [6, 6.07) is 6.42. The third-order valence-electron chi connectivity index (χ3n) is 6.57. The van der Waals surface area contributed by atoms with E-state index in [0.29, 0.717) is 31.4 Å². The molecule has 1 aromatic carbocycles. The zero-order valence-corrected chi connectivity index (χ0v) is 20.4. The van der Waals surface area contributed by atoms with Crippen LogP contribution in [-0.4, -0.2) is 65.6 Å². The third-order valence-corrected chi connectivity index (χ3v) is 8.90. The van der Waals surface area contributed by atoms with Crippen molar-refractivity contribution in [3.05, 3.63) is 29.8 Å². The summed E-state index contributed by atoms with van der Waals surface area (Å²) in [5.41, 5.74) is 1.49. The van der Waals surface area contributed by atoms with Crippen LogP contribution in [0.2, 0.25) is 0 Å². The fraction of sp³-hybridized carbons (Fsp3) is 0.609. The van der Waals surface area contributed by atoms with E-state index < -0.39 is 36.6 Å². The fourth-order valence-corrected chi connectivity index (χ4v) is 6.78. The minimum Gasteiger partial charge on any atom is -0.465 e. The van der Waals surface area contributed by atoms with Gasteiger partial charge in [0.2, 0.25) is 11.8 Å². The molecule has 0 aromatic heterocycles. The summed E-state index contributed by atoms with van der Waals surface area (Å²) < 4.78 is 23.4. The molecule has 1 saturated carbocycles. The van der Waals surface area contributed by atoms with Gasteiger partial charge in [-0.1, -0.05) is 31.0 Å². The number of amides is 2. The molecule has 1 aromatic rings. The lowest BCUT2D eigenvalue weighted by Gasteiger charge is -2.38. The van der Waals surface area contributed by atoms with Crippen LogP contribution in [0.5, 0.6) is 0 Å². The van der Waals surface area contributed by atoms with E-state index in [1.807, 2.05) is 12.1 Å². The molecule has 1 unspecified atom stereocenters.